The Bertz CT molecular complexity index is 797. The van der Waals surface area contributed by atoms with Gasteiger partial charge in [0.15, 0.2) is 0 Å². The Kier molecular flexibility index (Phi) is 14.6. The maximum atomic E-state index is 2.50. The van der Waals surface area contributed by atoms with Gasteiger partial charge < -0.3 is 17.0 Å². The number of hydrogen-bond donors (Lipinski definition) is 0. The summed E-state index contributed by atoms with van der Waals surface area (Å²) in [7, 11) is -1.69. The van der Waals surface area contributed by atoms with Crippen LogP contribution >= 0.6 is 7.26 Å². The zero-order valence-corrected chi connectivity index (χ0v) is 24.5. The van der Waals surface area contributed by atoms with Crippen LogP contribution in [0.3, 0.4) is 0 Å². The van der Waals surface area contributed by atoms with E-state index in [-0.39, 0.29) is 17.0 Å². The molecule has 0 saturated carbocycles. The second-order valence-corrected chi connectivity index (χ2v) is 13.6. The van der Waals surface area contributed by atoms with Crippen molar-refractivity contribution >= 4 is 23.2 Å². The number of hydrogen-bond acceptors (Lipinski definition) is 0. The van der Waals surface area contributed by atoms with E-state index in [9.17, 15) is 0 Å². The average Bonchev–Trinajstić information content (AvgIpc) is 2.90. The number of unbranched alkanes of at least 4 members (excludes halogenated alkanes) is 9. The molecule has 0 saturated heterocycles. The minimum atomic E-state index is -1.69. The van der Waals surface area contributed by atoms with Gasteiger partial charge in [0, 0.05) is 0 Å². The summed E-state index contributed by atoms with van der Waals surface area (Å²) in [4.78, 5) is 0. The summed E-state index contributed by atoms with van der Waals surface area (Å²) in [6.45, 7) is 4.80. The van der Waals surface area contributed by atoms with Gasteiger partial charge in [-0.25, -0.2) is 0 Å². The monoisotopic (exact) mass is 552 g/mol. The van der Waals surface area contributed by atoms with E-state index in [0.29, 0.717) is 5.92 Å². The van der Waals surface area contributed by atoms with Crippen LogP contribution in [0.5, 0.6) is 0 Å². The molecule has 0 amide bonds. The van der Waals surface area contributed by atoms with Gasteiger partial charge in [-0.1, -0.05) is 133 Å². The van der Waals surface area contributed by atoms with Crippen LogP contribution in [0.25, 0.3) is 0 Å². The zero-order valence-electron chi connectivity index (χ0n) is 22.0. The first-order valence-corrected chi connectivity index (χ1v) is 15.8. The predicted molar refractivity (Wildman–Crippen MR) is 156 cm³/mol. The lowest BCUT2D eigenvalue weighted by molar-refractivity contribution is -0.00000708. The summed E-state index contributed by atoms with van der Waals surface area (Å²) < 4.78 is 0. The fourth-order valence-electron chi connectivity index (χ4n) is 5.35. The van der Waals surface area contributed by atoms with Crippen molar-refractivity contribution < 1.29 is 17.0 Å². The standard InChI is InChI=1S/C33H46P.BrH/c1-3-4-5-6-7-8-9-10-11-15-22-30(2)29-34(31-23-16-12-17-24-31,32-25-18-13-19-26-32)33-27-20-14-21-28-33;/h12-14,16-21,23-28,30H,3-11,15,22,29H2,1-2H3;1H/q+1;/p-1. The molecule has 0 fully saturated rings. The predicted octanol–water partition coefficient (Wildman–Crippen LogP) is 5.93. The number of rotatable bonds is 16. The quantitative estimate of drug-likeness (QED) is 0.152. The second kappa shape index (κ2) is 17.1. The first kappa shape index (κ1) is 29.8. The van der Waals surface area contributed by atoms with Gasteiger partial charge in [-0.3, -0.25) is 0 Å². The van der Waals surface area contributed by atoms with Crippen molar-refractivity contribution in [2.45, 2.75) is 84.5 Å². The highest BCUT2D eigenvalue weighted by Crippen LogP contribution is 2.57. The fourth-order valence-corrected chi connectivity index (χ4v) is 10.0. The van der Waals surface area contributed by atoms with Crippen molar-refractivity contribution in [3.8, 4) is 0 Å². The molecule has 0 aliphatic heterocycles. The van der Waals surface area contributed by atoms with E-state index < -0.39 is 7.26 Å². The molecule has 0 spiro atoms. The number of benzene rings is 3. The molecule has 0 aromatic heterocycles. The smallest absolute Gasteiger partial charge is 0.112 e. The van der Waals surface area contributed by atoms with Gasteiger partial charge in [0.25, 0.3) is 0 Å². The van der Waals surface area contributed by atoms with Crippen LogP contribution in [0.2, 0.25) is 0 Å². The maximum Gasteiger partial charge on any atom is 0.112 e. The topological polar surface area (TPSA) is 0 Å². The van der Waals surface area contributed by atoms with Gasteiger partial charge in [-0.05, 0) is 48.7 Å². The molecule has 0 bridgehead atoms. The lowest BCUT2D eigenvalue weighted by atomic mass is 10.0. The van der Waals surface area contributed by atoms with E-state index in [4.69, 9.17) is 0 Å². The summed E-state index contributed by atoms with van der Waals surface area (Å²) in [6, 6.07) is 34.1. The molecule has 0 aliphatic carbocycles. The Morgan fingerprint density at radius 3 is 1.23 bits per heavy atom. The van der Waals surface area contributed by atoms with Crippen LogP contribution in [-0.4, -0.2) is 6.16 Å². The lowest BCUT2D eigenvalue weighted by Crippen LogP contribution is -3.00. The van der Waals surface area contributed by atoms with Gasteiger partial charge >= 0.3 is 0 Å². The molecule has 0 aliphatic rings. The molecule has 3 rings (SSSR count). The van der Waals surface area contributed by atoms with Crippen molar-refractivity contribution in [2.24, 2.45) is 5.92 Å². The normalized spacial score (nSPS) is 12.2. The second-order valence-electron chi connectivity index (χ2n) is 10.1. The third-order valence-electron chi connectivity index (χ3n) is 7.23. The highest BCUT2D eigenvalue weighted by molar-refractivity contribution is 7.95. The highest BCUT2D eigenvalue weighted by atomic mass is 79.9. The molecule has 3 aromatic carbocycles. The summed E-state index contributed by atoms with van der Waals surface area (Å²) in [5.74, 6) is 0.711. The highest BCUT2D eigenvalue weighted by Gasteiger charge is 2.45. The van der Waals surface area contributed by atoms with E-state index in [1.165, 1.54) is 92.7 Å². The summed E-state index contributed by atoms with van der Waals surface area (Å²) in [5.41, 5.74) is 0. The van der Waals surface area contributed by atoms with Crippen molar-refractivity contribution in [1.29, 1.82) is 0 Å². The first-order chi connectivity index (χ1) is 16.8. The molecule has 190 valence electrons. The Hall–Kier alpha value is -1.43. The van der Waals surface area contributed by atoms with E-state index >= 15 is 0 Å². The van der Waals surface area contributed by atoms with E-state index in [1.54, 1.807) is 0 Å². The lowest BCUT2D eigenvalue weighted by Gasteiger charge is -2.30. The Balaban J connectivity index is 0.00000432. The molecule has 0 radical (unpaired) electrons. The number of halogens is 1. The van der Waals surface area contributed by atoms with E-state index in [0.717, 1.165) is 0 Å². The van der Waals surface area contributed by atoms with Crippen molar-refractivity contribution in [3.05, 3.63) is 91.0 Å². The molecule has 0 N–H and O–H groups in total. The van der Waals surface area contributed by atoms with Gasteiger partial charge in [0.1, 0.15) is 23.2 Å². The van der Waals surface area contributed by atoms with Crippen LogP contribution in [-0.2, 0) is 0 Å². The average molecular weight is 554 g/mol. The van der Waals surface area contributed by atoms with Gasteiger partial charge in [-0.15, -0.1) is 0 Å². The summed E-state index contributed by atoms with van der Waals surface area (Å²) >= 11 is 0. The molecule has 1 atom stereocenters. The maximum absolute atomic E-state index is 2.50. The van der Waals surface area contributed by atoms with Gasteiger partial charge in [-0.2, -0.15) is 0 Å². The van der Waals surface area contributed by atoms with Crippen LogP contribution in [0.1, 0.15) is 84.5 Å². The molecule has 3 aromatic rings. The third kappa shape index (κ3) is 9.18. The molecular formula is C33H46BrP. The van der Waals surface area contributed by atoms with Crippen molar-refractivity contribution in [1.82, 2.24) is 0 Å². The molecule has 35 heavy (non-hydrogen) atoms. The van der Waals surface area contributed by atoms with Crippen molar-refractivity contribution in [3.63, 3.8) is 0 Å². The fraction of sp³-hybridized carbons (Fsp3) is 0.455. The van der Waals surface area contributed by atoms with Gasteiger partial charge in [0.2, 0.25) is 0 Å². The molecule has 0 nitrogen and oxygen atoms in total. The van der Waals surface area contributed by atoms with Gasteiger partial charge in [0.05, 0.1) is 6.16 Å². The molecule has 2 heteroatoms. The minimum absolute atomic E-state index is 0. The minimum Gasteiger partial charge on any atom is -1.00 e. The Labute approximate surface area is 227 Å². The van der Waals surface area contributed by atoms with Crippen LogP contribution < -0.4 is 32.9 Å². The SMILES string of the molecule is CCCCCCCCCCCCC(C)C[P+](c1ccccc1)(c1ccccc1)c1ccccc1.[Br-]. The molecule has 0 heterocycles. The van der Waals surface area contributed by atoms with E-state index in [2.05, 4.69) is 105 Å². The molecule has 1 unspecified atom stereocenters. The summed E-state index contributed by atoms with van der Waals surface area (Å²) in [5, 5.41) is 4.55. The van der Waals surface area contributed by atoms with Crippen LogP contribution in [0.4, 0.5) is 0 Å². The van der Waals surface area contributed by atoms with Crippen LogP contribution in [0.15, 0.2) is 91.0 Å². The molecular weight excluding hydrogens is 507 g/mol. The first-order valence-electron chi connectivity index (χ1n) is 13.8. The third-order valence-corrected chi connectivity index (χ3v) is 11.9. The Morgan fingerprint density at radius 2 is 0.857 bits per heavy atom. The zero-order chi connectivity index (χ0) is 23.9. The Morgan fingerprint density at radius 1 is 0.514 bits per heavy atom. The van der Waals surface area contributed by atoms with E-state index in [1.807, 2.05) is 0 Å². The largest absolute Gasteiger partial charge is 1.00 e. The van der Waals surface area contributed by atoms with Crippen molar-refractivity contribution in [2.75, 3.05) is 6.16 Å². The van der Waals surface area contributed by atoms with Crippen LogP contribution in [0, 0.1) is 5.92 Å². The summed E-state index contributed by atoms with van der Waals surface area (Å²) in [6.07, 6.45) is 16.7.